The molecule has 0 radical (unpaired) electrons. The number of ether oxygens (including phenoxy) is 3. The number of rotatable bonds is 12. The third-order valence-corrected chi connectivity index (χ3v) is 5.21. The van der Waals surface area contributed by atoms with Gasteiger partial charge in [-0.25, -0.2) is 0 Å². The molecule has 0 aromatic heterocycles. The molecule has 0 bridgehead atoms. The van der Waals surface area contributed by atoms with E-state index in [1.165, 1.54) is 10.6 Å². The van der Waals surface area contributed by atoms with Gasteiger partial charge in [0, 0.05) is 17.7 Å². The first-order chi connectivity index (χ1) is 11.9. The van der Waals surface area contributed by atoms with Crippen molar-refractivity contribution in [3.05, 3.63) is 60.7 Å². The van der Waals surface area contributed by atoms with Crippen LogP contribution in [0.1, 0.15) is 0 Å². The van der Waals surface area contributed by atoms with Crippen LogP contribution in [0, 0.1) is 0 Å². The summed E-state index contributed by atoms with van der Waals surface area (Å²) in [6.45, 7) is 3.49. The molecule has 0 aliphatic heterocycles. The zero-order valence-electron chi connectivity index (χ0n) is 14.1. The van der Waals surface area contributed by atoms with Crippen molar-refractivity contribution in [2.24, 2.45) is 0 Å². The number of methoxy groups -OCH3 is 1. The smallest absolute Gasteiger partial charge is 0.0918 e. The summed E-state index contributed by atoms with van der Waals surface area (Å²) in [7, 11) is 0.850. The van der Waals surface area contributed by atoms with Gasteiger partial charge in [-0.1, -0.05) is 60.7 Å². The molecule has 130 valence electrons. The molecular formula is C19H25O4P. The van der Waals surface area contributed by atoms with Crippen LogP contribution >= 0.6 is 8.15 Å². The Morgan fingerprint density at radius 2 is 1.08 bits per heavy atom. The van der Waals surface area contributed by atoms with E-state index >= 15 is 0 Å². The van der Waals surface area contributed by atoms with Crippen LogP contribution < -0.4 is 10.6 Å². The molecule has 2 rings (SSSR count). The zero-order valence-corrected chi connectivity index (χ0v) is 15.0. The maximum absolute atomic E-state index is 6.14. The third kappa shape index (κ3) is 7.08. The van der Waals surface area contributed by atoms with E-state index in [4.69, 9.17) is 18.7 Å². The summed E-state index contributed by atoms with van der Waals surface area (Å²) >= 11 is 0. The molecule has 2 aromatic rings. The highest BCUT2D eigenvalue weighted by atomic mass is 31.1. The van der Waals surface area contributed by atoms with E-state index in [0.29, 0.717) is 39.6 Å². The van der Waals surface area contributed by atoms with E-state index in [1.807, 2.05) is 36.4 Å². The lowest BCUT2D eigenvalue weighted by atomic mass is 10.4. The maximum Gasteiger partial charge on any atom is 0.0918 e. The molecular weight excluding hydrogens is 323 g/mol. The fraction of sp³-hybridized carbons (Fsp3) is 0.368. The minimum atomic E-state index is -0.811. The predicted molar refractivity (Wildman–Crippen MR) is 98.5 cm³/mol. The van der Waals surface area contributed by atoms with Crippen molar-refractivity contribution < 1.29 is 18.7 Å². The monoisotopic (exact) mass is 348 g/mol. The topological polar surface area (TPSA) is 36.9 Å². The van der Waals surface area contributed by atoms with Crippen molar-refractivity contribution in [1.82, 2.24) is 0 Å². The van der Waals surface area contributed by atoms with Crippen LogP contribution in [0.15, 0.2) is 60.7 Å². The van der Waals surface area contributed by atoms with Gasteiger partial charge in [0.1, 0.15) is 0 Å². The first-order valence-corrected chi connectivity index (χ1v) is 9.35. The summed E-state index contributed by atoms with van der Waals surface area (Å²) in [5.74, 6) is 0. The van der Waals surface area contributed by atoms with Crippen LogP contribution in [0.3, 0.4) is 0 Å². The van der Waals surface area contributed by atoms with Crippen molar-refractivity contribution >= 4 is 18.8 Å². The van der Waals surface area contributed by atoms with Gasteiger partial charge in [-0.3, -0.25) is 0 Å². The molecule has 4 nitrogen and oxygen atoms in total. The van der Waals surface area contributed by atoms with Gasteiger partial charge in [0.25, 0.3) is 0 Å². The van der Waals surface area contributed by atoms with Crippen LogP contribution in [0.2, 0.25) is 0 Å². The first-order valence-electron chi connectivity index (χ1n) is 8.09. The van der Waals surface area contributed by atoms with E-state index in [1.54, 1.807) is 7.11 Å². The largest absolute Gasteiger partial charge is 0.382 e. The van der Waals surface area contributed by atoms with Crippen molar-refractivity contribution in [2.45, 2.75) is 0 Å². The SMILES string of the molecule is COCCOCCOCCOP(c1ccccc1)c1ccccc1. The first kappa shape index (κ1) is 19.0. The molecule has 2 aromatic carbocycles. The quantitative estimate of drug-likeness (QED) is 0.437. The Balaban J connectivity index is 1.74. The van der Waals surface area contributed by atoms with E-state index in [0.717, 1.165) is 0 Å². The van der Waals surface area contributed by atoms with Gasteiger partial charge < -0.3 is 18.7 Å². The minimum Gasteiger partial charge on any atom is -0.382 e. The Kier molecular flexibility index (Phi) is 9.62. The highest BCUT2D eigenvalue weighted by Gasteiger charge is 2.14. The fourth-order valence-corrected chi connectivity index (χ4v) is 3.82. The van der Waals surface area contributed by atoms with Gasteiger partial charge in [0.2, 0.25) is 0 Å². The minimum absolute atomic E-state index is 0.562. The summed E-state index contributed by atoms with van der Waals surface area (Å²) < 4.78 is 22.0. The fourth-order valence-electron chi connectivity index (χ4n) is 2.08. The van der Waals surface area contributed by atoms with Crippen LogP contribution in [-0.2, 0) is 18.7 Å². The molecule has 0 amide bonds. The summed E-state index contributed by atoms with van der Waals surface area (Å²) in [5.41, 5.74) is 0. The molecule has 0 aliphatic rings. The predicted octanol–water partition coefficient (Wildman–Crippen LogP) is 2.73. The van der Waals surface area contributed by atoms with Gasteiger partial charge >= 0.3 is 0 Å². The van der Waals surface area contributed by atoms with E-state index in [2.05, 4.69) is 24.3 Å². The van der Waals surface area contributed by atoms with Crippen molar-refractivity contribution in [3.8, 4) is 0 Å². The lowest BCUT2D eigenvalue weighted by Gasteiger charge is -2.18. The Labute approximate surface area is 145 Å². The molecule has 0 atom stereocenters. The van der Waals surface area contributed by atoms with Crippen LogP contribution in [0.5, 0.6) is 0 Å². The highest BCUT2D eigenvalue weighted by Crippen LogP contribution is 2.34. The number of benzene rings is 2. The molecule has 0 spiro atoms. The molecule has 0 unspecified atom stereocenters. The Bertz CT molecular complexity index is 496. The molecule has 0 N–H and O–H groups in total. The van der Waals surface area contributed by atoms with Crippen LogP contribution in [0.25, 0.3) is 0 Å². The average molecular weight is 348 g/mol. The summed E-state index contributed by atoms with van der Waals surface area (Å²) in [6, 6.07) is 20.7. The lowest BCUT2D eigenvalue weighted by Crippen LogP contribution is -2.16. The second-order valence-corrected chi connectivity index (χ2v) is 6.90. The molecule has 0 saturated carbocycles. The standard InChI is InChI=1S/C19H25O4P/c1-20-12-13-21-14-15-22-16-17-23-24(18-8-4-2-5-9-18)19-10-6-3-7-11-19/h2-11H,12-17H2,1H3. The second kappa shape index (κ2) is 12.1. The average Bonchev–Trinajstić information content (AvgIpc) is 2.65. The molecule has 0 heterocycles. The van der Waals surface area contributed by atoms with Crippen LogP contribution in [-0.4, -0.2) is 46.8 Å². The van der Waals surface area contributed by atoms with Gasteiger partial charge in [0.05, 0.1) is 47.8 Å². The van der Waals surface area contributed by atoms with E-state index in [-0.39, 0.29) is 0 Å². The van der Waals surface area contributed by atoms with E-state index < -0.39 is 8.15 Å². The molecule has 0 fully saturated rings. The Hall–Kier alpha value is -1.29. The van der Waals surface area contributed by atoms with Gasteiger partial charge in [-0.05, 0) is 0 Å². The highest BCUT2D eigenvalue weighted by molar-refractivity contribution is 7.68. The normalized spacial score (nSPS) is 11.1. The maximum atomic E-state index is 6.14. The summed E-state index contributed by atoms with van der Waals surface area (Å²) in [4.78, 5) is 0. The van der Waals surface area contributed by atoms with Gasteiger partial charge in [-0.15, -0.1) is 0 Å². The number of hydrogen-bond acceptors (Lipinski definition) is 4. The second-order valence-electron chi connectivity index (χ2n) is 5.02. The molecule has 0 aliphatic carbocycles. The molecule has 5 heteroatoms. The van der Waals surface area contributed by atoms with Gasteiger partial charge in [0.15, 0.2) is 0 Å². The summed E-state index contributed by atoms with van der Waals surface area (Å²) in [5, 5.41) is 2.42. The van der Waals surface area contributed by atoms with Crippen LogP contribution in [0.4, 0.5) is 0 Å². The van der Waals surface area contributed by atoms with Crippen molar-refractivity contribution in [2.75, 3.05) is 46.8 Å². The Morgan fingerprint density at radius 3 is 1.58 bits per heavy atom. The lowest BCUT2D eigenvalue weighted by molar-refractivity contribution is 0.0189. The summed E-state index contributed by atoms with van der Waals surface area (Å²) in [6.07, 6.45) is 0. The molecule has 24 heavy (non-hydrogen) atoms. The third-order valence-electron chi connectivity index (χ3n) is 3.23. The van der Waals surface area contributed by atoms with Gasteiger partial charge in [-0.2, -0.15) is 0 Å². The van der Waals surface area contributed by atoms with Crippen molar-refractivity contribution in [3.63, 3.8) is 0 Å². The van der Waals surface area contributed by atoms with E-state index in [9.17, 15) is 0 Å². The number of hydrogen-bond donors (Lipinski definition) is 0. The molecule has 0 saturated heterocycles. The zero-order chi connectivity index (χ0) is 16.9. The van der Waals surface area contributed by atoms with Crippen molar-refractivity contribution in [1.29, 1.82) is 0 Å². The Morgan fingerprint density at radius 1 is 0.625 bits per heavy atom.